The van der Waals surface area contributed by atoms with Crippen molar-refractivity contribution in [2.45, 2.75) is 32.1 Å². The maximum atomic E-state index is 12.5. The molecule has 21 heavy (non-hydrogen) atoms. The van der Waals surface area contributed by atoms with Gasteiger partial charge in [0.15, 0.2) is 5.41 Å². The van der Waals surface area contributed by atoms with Crippen LogP contribution in [0.3, 0.4) is 0 Å². The van der Waals surface area contributed by atoms with Crippen LogP contribution in [0.1, 0.15) is 31.5 Å². The van der Waals surface area contributed by atoms with Crippen LogP contribution >= 0.6 is 0 Å². The second-order valence-corrected chi connectivity index (χ2v) is 5.41. The van der Waals surface area contributed by atoms with Crippen molar-refractivity contribution >= 4 is 11.9 Å². The summed E-state index contributed by atoms with van der Waals surface area (Å²) in [5.41, 5.74) is -1.33. The highest BCUT2D eigenvalue weighted by molar-refractivity contribution is 6.00. The van der Waals surface area contributed by atoms with E-state index in [4.69, 9.17) is 9.47 Å². The van der Waals surface area contributed by atoms with E-state index < -0.39 is 17.4 Å². The minimum absolute atomic E-state index is 0.0888. The Kier molecular flexibility index (Phi) is 4.59. The van der Waals surface area contributed by atoms with Gasteiger partial charge in [-0.1, -0.05) is 12.8 Å². The Morgan fingerprint density at radius 3 is 2.29 bits per heavy atom. The molecule has 0 saturated heterocycles. The largest absolute Gasteiger partial charge is 0.468 e. The number of rotatable bonds is 5. The molecule has 1 fully saturated rings. The summed E-state index contributed by atoms with van der Waals surface area (Å²) < 4.78 is 11.5. The van der Waals surface area contributed by atoms with Crippen LogP contribution in [-0.2, 0) is 32.5 Å². The average Bonchev–Trinajstić information content (AvgIpc) is 3.15. The highest BCUT2D eigenvalue weighted by atomic mass is 16.5. The van der Waals surface area contributed by atoms with Crippen molar-refractivity contribution in [3.05, 3.63) is 12.2 Å². The predicted octanol–water partition coefficient (Wildman–Crippen LogP) is 0.880. The SMILES string of the molecule is COC(=O)C(Cc1ncnn1C)(C(=O)OC)C1CCCC1. The van der Waals surface area contributed by atoms with E-state index in [1.807, 2.05) is 0 Å². The summed E-state index contributed by atoms with van der Waals surface area (Å²) in [6.45, 7) is 0. The third-order valence-corrected chi connectivity index (χ3v) is 4.39. The Morgan fingerprint density at radius 1 is 1.29 bits per heavy atom. The molecule has 0 spiro atoms. The molecule has 0 amide bonds. The molecule has 2 rings (SSSR count). The highest BCUT2D eigenvalue weighted by Crippen LogP contribution is 2.44. The van der Waals surface area contributed by atoms with Crippen LogP contribution in [0.25, 0.3) is 0 Å². The molecule has 1 aromatic heterocycles. The first-order valence-electron chi connectivity index (χ1n) is 7.06. The Hall–Kier alpha value is -1.92. The summed E-state index contributed by atoms with van der Waals surface area (Å²) in [7, 11) is 4.33. The Balaban J connectivity index is 2.46. The third-order valence-electron chi connectivity index (χ3n) is 4.39. The zero-order valence-corrected chi connectivity index (χ0v) is 12.7. The second-order valence-electron chi connectivity index (χ2n) is 5.41. The Bertz CT molecular complexity index is 504. The van der Waals surface area contributed by atoms with E-state index in [1.54, 1.807) is 11.7 Å². The lowest BCUT2D eigenvalue weighted by Gasteiger charge is -2.33. The minimum atomic E-state index is -1.33. The quantitative estimate of drug-likeness (QED) is 0.592. The fraction of sp³-hybridized carbons (Fsp3) is 0.714. The lowest BCUT2D eigenvalue weighted by atomic mass is 9.71. The molecule has 116 valence electrons. The number of aryl methyl sites for hydroxylation is 1. The van der Waals surface area contributed by atoms with Crippen LogP contribution in [0.5, 0.6) is 0 Å². The molecular formula is C14H21N3O4. The van der Waals surface area contributed by atoms with Gasteiger partial charge in [0.2, 0.25) is 0 Å². The van der Waals surface area contributed by atoms with E-state index in [0.717, 1.165) is 25.7 Å². The molecule has 1 aromatic rings. The summed E-state index contributed by atoms with van der Waals surface area (Å²) in [5.74, 6) is -0.625. The maximum absolute atomic E-state index is 12.5. The average molecular weight is 295 g/mol. The summed E-state index contributed by atoms with van der Waals surface area (Å²) >= 11 is 0. The van der Waals surface area contributed by atoms with Crippen molar-refractivity contribution in [2.75, 3.05) is 14.2 Å². The van der Waals surface area contributed by atoms with Gasteiger partial charge in [0.05, 0.1) is 14.2 Å². The van der Waals surface area contributed by atoms with E-state index in [-0.39, 0.29) is 12.3 Å². The molecule has 0 N–H and O–H groups in total. The second kappa shape index (κ2) is 6.24. The monoisotopic (exact) mass is 295 g/mol. The van der Waals surface area contributed by atoms with Gasteiger partial charge < -0.3 is 9.47 Å². The first kappa shape index (κ1) is 15.5. The van der Waals surface area contributed by atoms with Crippen LogP contribution in [0, 0.1) is 11.3 Å². The molecule has 0 atom stereocenters. The number of carbonyl (C=O) groups is 2. The van der Waals surface area contributed by atoms with Gasteiger partial charge in [-0.05, 0) is 18.8 Å². The van der Waals surface area contributed by atoms with Crippen LogP contribution in [0.4, 0.5) is 0 Å². The van der Waals surface area contributed by atoms with E-state index in [0.29, 0.717) is 5.82 Å². The van der Waals surface area contributed by atoms with E-state index >= 15 is 0 Å². The number of ether oxygens (including phenoxy) is 2. The molecule has 1 aliphatic carbocycles. The molecule has 1 aliphatic rings. The predicted molar refractivity (Wildman–Crippen MR) is 73.1 cm³/mol. The van der Waals surface area contributed by atoms with Gasteiger partial charge in [0.25, 0.3) is 0 Å². The van der Waals surface area contributed by atoms with E-state index in [1.165, 1.54) is 20.5 Å². The Labute approximate surface area is 123 Å². The molecule has 0 bridgehead atoms. The molecular weight excluding hydrogens is 274 g/mol. The standard InChI is InChI=1S/C14H21N3O4/c1-17-11(15-9-16-17)8-14(12(18)20-2,13(19)21-3)10-6-4-5-7-10/h9-10H,4-8H2,1-3H3. The van der Waals surface area contributed by atoms with Crippen LogP contribution in [0.15, 0.2) is 6.33 Å². The number of hydrogen-bond acceptors (Lipinski definition) is 6. The van der Waals surface area contributed by atoms with Gasteiger partial charge in [0, 0.05) is 13.5 Å². The normalized spacial score (nSPS) is 16.0. The first-order valence-corrected chi connectivity index (χ1v) is 7.06. The molecule has 7 nitrogen and oxygen atoms in total. The zero-order chi connectivity index (χ0) is 15.5. The Morgan fingerprint density at radius 2 is 1.86 bits per heavy atom. The van der Waals surface area contributed by atoms with Crippen LogP contribution in [0.2, 0.25) is 0 Å². The lowest BCUT2D eigenvalue weighted by Crippen LogP contribution is -2.48. The topological polar surface area (TPSA) is 83.3 Å². The fourth-order valence-corrected chi connectivity index (χ4v) is 3.22. The van der Waals surface area contributed by atoms with Crippen molar-refractivity contribution in [1.82, 2.24) is 14.8 Å². The van der Waals surface area contributed by atoms with Crippen molar-refractivity contribution < 1.29 is 19.1 Å². The number of aromatic nitrogens is 3. The molecule has 0 unspecified atom stereocenters. The number of nitrogens with zero attached hydrogens (tertiary/aromatic N) is 3. The van der Waals surface area contributed by atoms with Crippen molar-refractivity contribution in [1.29, 1.82) is 0 Å². The smallest absolute Gasteiger partial charge is 0.323 e. The minimum Gasteiger partial charge on any atom is -0.468 e. The maximum Gasteiger partial charge on any atom is 0.323 e. The third kappa shape index (κ3) is 2.64. The van der Waals surface area contributed by atoms with Crippen molar-refractivity contribution in [2.24, 2.45) is 18.4 Å². The molecule has 0 aromatic carbocycles. The summed E-state index contributed by atoms with van der Waals surface area (Å²) in [6.07, 6.45) is 5.17. The van der Waals surface area contributed by atoms with Gasteiger partial charge in [-0.2, -0.15) is 5.10 Å². The number of esters is 2. The fourth-order valence-electron chi connectivity index (χ4n) is 3.22. The van der Waals surface area contributed by atoms with Crippen LogP contribution in [-0.4, -0.2) is 40.9 Å². The highest BCUT2D eigenvalue weighted by Gasteiger charge is 2.55. The lowest BCUT2D eigenvalue weighted by molar-refractivity contribution is -0.174. The number of carbonyl (C=O) groups excluding carboxylic acids is 2. The van der Waals surface area contributed by atoms with Crippen molar-refractivity contribution in [3.63, 3.8) is 0 Å². The van der Waals surface area contributed by atoms with Gasteiger partial charge in [-0.15, -0.1) is 0 Å². The molecule has 1 saturated carbocycles. The van der Waals surface area contributed by atoms with E-state index in [9.17, 15) is 9.59 Å². The van der Waals surface area contributed by atoms with Gasteiger partial charge in [-0.25, -0.2) is 4.98 Å². The van der Waals surface area contributed by atoms with Gasteiger partial charge in [0.1, 0.15) is 12.2 Å². The molecule has 1 heterocycles. The molecule has 0 aliphatic heterocycles. The van der Waals surface area contributed by atoms with Crippen molar-refractivity contribution in [3.8, 4) is 0 Å². The number of methoxy groups -OCH3 is 2. The first-order chi connectivity index (χ1) is 10.1. The van der Waals surface area contributed by atoms with Crippen LogP contribution < -0.4 is 0 Å². The zero-order valence-electron chi connectivity index (χ0n) is 12.7. The summed E-state index contributed by atoms with van der Waals surface area (Å²) in [4.78, 5) is 29.1. The molecule has 0 radical (unpaired) electrons. The van der Waals surface area contributed by atoms with Gasteiger partial charge >= 0.3 is 11.9 Å². The summed E-state index contributed by atoms with van der Waals surface area (Å²) in [5, 5.41) is 4.00. The van der Waals surface area contributed by atoms with Gasteiger partial charge in [-0.3, -0.25) is 14.3 Å². The number of hydrogen-bond donors (Lipinski definition) is 0. The summed E-state index contributed by atoms with van der Waals surface area (Å²) in [6, 6.07) is 0. The molecule has 7 heteroatoms. The van der Waals surface area contributed by atoms with E-state index in [2.05, 4.69) is 10.1 Å².